The minimum absolute atomic E-state index is 0.444. The Balaban J connectivity index is 1.97. The van der Waals surface area contributed by atoms with E-state index < -0.39 is 0 Å². The van der Waals surface area contributed by atoms with E-state index in [1.165, 1.54) is 17.3 Å². The molecule has 2 N–H and O–H groups in total. The molecule has 0 atom stereocenters. The summed E-state index contributed by atoms with van der Waals surface area (Å²) in [6.07, 6.45) is 1.72. The van der Waals surface area contributed by atoms with Crippen LogP contribution in [0.4, 0.5) is 5.69 Å². The predicted molar refractivity (Wildman–Crippen MR) is 122 cm³/mol. The van der Waals surface area contributed by atoms with Gasteiger partial charge in [0.25, 0.3) is 0 Å². The van der Waals surface area contributed by atoms with Crippen molar-refractivity contribution in [3.05, 3.63) is 65.2 Å². The molecule has 0 aliphatic rings. The lowest BCUT2D eigenvalue weighted by Gasteiger charge is -2.23. The van der Waals surface area contributed by atoms with Crippen molar-refractivity contribution >= 4 is 52.0 Å². The molecule has 0 heterocycles. The first-order valence-electron chi connectivity index (χ1n) is 8.64. The van der Waals surface area contributed by atoms with Gasteiger partial charge in [0.05, 0.1) is 6.21 Å². The number of hydrogen-bond acceptors (Lipinski definition) is 4. The molecule has 2 aromatic rings. The molecule has 0 saturated carbocycles. The quantitative estimate of drug-likeness (QED) is 0.271. The molecule has 0 spiro atoms. The number of amidine groups is 1. The highest BCUT2D eigenvalue weighted by atomic mass is 35.5. The van der Waals surface area contributed by atoms with Crippen LogP contribution in [0.25, 0.3) is 0 Å². The van der Waals surface area contributed by atoms with Gasteiger partial charge in [-0.1, -0.05) is 48.2 Å². The van der Waals surface area contributed by atoms with Crippen LogP contribution in [0, 0.1) is 6.92 Å². The van der Waals surface area contributed by atoms with E-state index in [2.05, 4.69) is 33.3 Å². The summed E-state index contributed by atoms with van der Waals surface area (Å²) in [5.41, 5.74) is 10.3. The lowest BCUT2D eigenvalue weighted by atomic mass is 10.1. The van der Waals surface area contributed by atoms with Crippen LogP contribution < -0.4 is 10.6 Å². The number of benzene rings is 2. The van der Waals surface area contributed by atoms with Crippen LogP contribution in [0.3, 0.4) is 0 Å². The molecule has 0 aromatic heterocycles. The van der Waals surface area contributed by atoms with E-state index in [0.29, 0.717) is 16.9 Å². The molecule has 0 fully saturated rings. The van der Waals surface area contributed by atoms with Crippen molar-refractivity contribution in [2.75, 3.05) is 29.7 Å². The van der Waals surface area contributed by atoms with Crippen molar-refractivity contribution in [2.24, 2.45) is 15.9 Å². The number of nitrogens with zero attached hydrogens (tertiary/aromatic N) is 3. The van der Waals surface area contributed by atoms with Crippen LogP contribution in [0.2, 0.25) is 0 Å². The number of nitrogens with two attached hydrogens (primary N) is 1. The first kappa shape index (κ1) is 21.6. The lowest BCUT2D eigenvalue weighted by Crippen LogP contribution is -2.27. The van der Waals surface area contributed by atoms with Gasteiger partial charge in [-0.15, -0.1) is 28.3 Å². The van der Waals surface area contributed by atoms with Crippen molar-refractivity contribution in [3.8, 4) is 0 Å². The number of anilines is 1. The maximum Gasteiger partial charge on any atom is 0.180 e. The molecule has 7 heteroatoms. The van der Waals surface area contributed by atoms with Crippen LogP contribution in [0.5, 0.6) is 0 Å². The van der Waals surface area contributed by atoms with Crippen molar-refractivity contribution in [3.63, 3.8) is 0 Å². The predicted octanol–water partition coefficient (Wildman–Crippen LogP) is 4.86. The van der Waals surface area contributed by atoms with Crippen LogP contribution in [0.15, 0.2) is 58.7 Å². The van der Waals surface area contributed by atoms with Gasteiger partial charge in [0.1, 0.15) is 0 Å². The van der Waals surface area contributed by atoms with Crippen LogP contribution >= 0.6 is 35.0 Å². The molecule has 27 heavy (non-hydrogen) atoms. The molecule has 0 unspecified atom stereocenters. The first-order chi connectivity index (χ1) is 13.1. The second-order valence-electron chi connectivity index (χ2n) is 5.86. The minimum atomic E-state index is 0.444. The third-order valence-corrected chi connectivity index (χ3v) is 5.10. The Morgan fingerprint density at radius 1 is 1.11 bits per heavy atom. The largest absolute Gasteiger partial charge is 0.377 e. The highest BCUT2D eigenvalue weighted by Gasteiger charge is 2.07. The van der Waals surface area contributed by atoms with Crippen LogP contribution in [-0.2, 0) is 5.75 Å². The molecule has 2 rings (SSSR count). The molecule has 4 nitrogen and oxygen atoms in total. The van der Waals surface area contributed by atoms with E-state index in [1.54, 1.807) is 6.21 Å². The molecule has 144 valence electrons. The fourth-order valence-corrected chi connectivity index (χ4v) is 3.50. The van der Waals surface area contributed by atoms with Gasteiger partial charge in [-0.3, -0.25) is 0 Å². The highest BCUT2D eigenvalue weighted by Crippen LogP contribution is 2.19. The maximum absolute atomic E-state index is 5.92. The van der Waals surface area contributed by atoms with Gasteiger partial charge in [0, 0.05) is 36.3 Å². The molecule has 0 aliphatic heterocycles. The second kappa shape index (κ2) is 11.9. The molecule has 0 radical (unpaired) electrons. The number of alkyl halides is 2. The fraction of sp³-hybridized carbons (Fsp3) is 0.300. The van der Waals surface area contributed by atoms with Gasteiger partial charge in [-0.05, 0) is 35.7 Å². The summed E-state index contributed by atoms with van der Waals surface area (Å²) in [4.78, 5) is 2.17. The zero-order valence-corrected chi connectivity index (χ0v) is 17.6. The summed E-state index contributed by atoms with van der Waals surface area (Å²) in [5.74, 6) is 1.90. The van der Waals surface area contributed by atoms with E-state index >= 15 is 0 Å². The Labute approximate surface area is 175 Å². The summed E-state index contributed by atoms with van der Waals surface area (Å²) < 4.78 is 0. The number of thioether (sulfide) groups is 1. The monoisotopic (exact) mass is 422 g/mol. The SMILES string of the molecule is Cc1cc(N(CCCl)CCCl)ccc1C=NN=C(N)SCc1ccccc1. The summed E-state index contributed by atoms with van der Waals surface area (Å²) in [6, 6.07) is 16.3. The Bertz CT molecular complexity index is 760. The Kier molecular flexibility index (Phi) is 9.53. The number of rotatable bonds is 9. The van der Waals surface area contributed by atoms with Crippen molar-refractivity contribution in [2.45, 2.75) is 12.7 Å². The number of aryl methyl sites for hydroxylation is 1. The molecular weight excluding hydrogens is 399 g/mol. The van der Waals surface area contributed by atoms with E-state index in [1.807, 2.05) is 37.3 Å². The van der Waals surface area contributed by atoms with Gasteiger partial charge in [-0.25, -0.2) is 0 Å². The topological polar surface area (TPSA) is 54.0 Å². The van der Waals surface area contributed by atoms with E-state index in [9.17, 15) is 0 Å². The number of hydrogen-bond donors (Lipinski definition) is 1. The molecule has 2 aromatic carbocycles. The van der Waals surface area contributed by atoms with Gasteiger partial charge < -0.3 is 10.6 Å². The zero-order valence-electron chi connectivity index (χ0n) is 15.3. The van der Waals surface area contributed by atoms with Crippen molar-refractivity contribution in [1.82, 2.24) is 0 Å². The summed E-state index contributed by atoms with van der Waals surface area (Å²) in [5, 5.41) is 8.64. The normalized spacial score (nSPS) is 11.9. The van der Waals surface area contributed by atoms with Crippen molar-refractivity contribution in [1.29, 1.82) is 0 Å². The standard InChI is InChI=1S/C20H24Cl2N4S/c1-16-13-19(26(11-9-21)12-10-22)8-7-18(16)14-24-25-20(23)27-15-17-5-3-2-4-6-17/h2-8,13-14H,9-12,15H2,1H3,(H2,23,25). The third kappa shape index (κ3) is 7.45. The number of halogens is 2. The van der Waals surface area contributed by atoms with Gasteiger partial charge in [0.2, 0.25) is 0 Å². The zero-order chi connectivity index (χ0) is 19.5. The van der Waals surface area contributed by atoms with Crippen LogP contribution in [0.1, 0.15) is 16.7 Å². The molecule has 0 aliphatic carbocycles. The average Bonchev–Trinajstić information content (AvgIpc) is 2.68. The van der Waals surface area contributed by atoms with Gasteiger partial charge in [-0.2, -0.15) is 5.10 Å². The molecule has 0 amide bonds. The van der Waals surface area contributed by atoms with Crippen molar-refractivity contribution < 1.29 is 0 Å². The van der Waals surface area contributed by atoms with Gasteiger partial charge >= 0.3 is 0 Å². The smallest absolute Gasteiger partial charge is 0.180 e. The van der Waals surface area contributed by atoms with E-state index in [-0.39, 0.29) is 0 Å². The average molecular weight is 423 g/mol. The Morgan fingerprint density at radius 3 is 2.44 bits per heavy atom. The molecule has 0 saturated heterocycles. The van der Waals surface area contributed by atoms with E-state index in [4.69, 9.17) is 28.9 Å². The van der Waals surface area contributed by atoms with E-state index in [0.717, 1.165) is 35.7 Å². The Morgan fingerprint density at radius 2 is 1.81 bits per heavy atom. The summed E-state index contributed by atoms with van der Waals surface area (Å²) in [7, 11) is 0. The fourth-order valence-electron chi connectivity index (χ4n) is 2.48. The maximum atomic E-state index is 5.92. The van der Waals surface area contributed by atoms with Gasteiger partial charge in [0.15, 0.2) is 5.17 Å². The Hall–Kier alpha value is -1.69. The molecule has 0 bridgehead atoms. The third-order valence-electron chi connectivity index (χ3n) is 3.91. The summed E-state index contributed by atoms with van der Waals surface area (Å²) in [6.45, 7) is 3.57. The summed E-state index contributed by atoms with van der Waals surface area (Å²) >= 11 is 13.2. The minimum Gasteiger partial charge on any atom is -0.377 e. The second-order valence-corrected chi connectivity index (χ2v) is 7.61. The lowest BCUT2D eigenvalue weighted by molar-refractivity contribution is 0.873. The molecular formula is C20H24Cl2N4S. The van der Waals surface area contributed by atoms with Crippen LogP contribution in [-0.4, -0.2) is 36.2 Å². The highest BCUT2D eigenvalue weighted by molar-refractivity contribution is 8.13. The first-order valence-corrected chi connectivity index (χ1v) is 10.7.